The average molecular weight is 401 g/mol. The van der Waals surface area contributed by atoms with E-state index in [9.17, 15) is 4.79 Å². The molecule has 158 valence electrons. The minimum absolute atomic E-state index is 0.0987. The number of benzene rings is 2. The van der Waals surface area contributed by atoms with Crippen LogP contribution < -0.4 is 20.1 Å². The molecule has 0 fully saturated rings. The molecule has 2 N–H and O–H groups in total. The first-order valence-electron chi connectivity index (χ1n) is 9.96. The maximum Gasteiger partial charge on any atom is 0.246 e. The Morgan fingerprint density at radius 1 is 1.03 bits per heavy atom. The predicted octanol–water partition coefficient (Wildman–Crippen LogP) is 4.67. The molecule has 0 aliphatic heterocycles. The highest BCUT2D eigenvalue weighted by Crippen LogP contribution is 2.31. The fraction of sp³-hybridized carbons (Fsp3) is 0.435. The van der Waals surface area contributed by atoms with Gasteiger partial charge in [-0.1, -0.05) is 32.0 Å². The maximum absolute atomic E-state index is 12.8. The van der Waals surface area contributed by atoms with Crippen LogP contribution in [0, 0.1) is 0 Å². The number of hydrogen-bond acceptors (Lipinski definition) is 5. The molecule has 2 rings (SSSR count). The lowest BCUT2D eigenvalue weighted by Gasteiger charge is -2.20. The molecular formula is C23H32N2O4. The number of anilines is 2. The highest BCUT2D eigenvalue weighted by molar-refractivity contribution is 5.97. The van der Waals surface area contributed by atoms with E-state index in [1.807, 2.05) is 43.3 Å². The third kappa shape index (κ3) is 6.39. The molecule has 0 bridgehead atoms. The average Bonchev–Trinajstić information content (AvgIpc) is 2.74. The van der Waals surface area contributed by atoms with Crippen LogP contribution in [0.1, 0.15) is 38.7 Å². The van der Waals surface area contributed by atoms with Crippen molar-refractivity contribution in [1.29, 1.82) is 0 Å². The molecule has 2 aromatic rings. The zero-order chi connectivity index (χ0) is 21.2. The van der Waals surface area contributed by atoms with Gasteiger partial charge in [-0.25, -0.2) is 0 Å². The summed E-state index contributed by atoms with van der Waals surface area (Å²) >= 11 is 0. The summed E-state index contributed by atoms with van der Waals surface area (Å²) in [6.45, 7) is 7.03. The Bertz CT molecular complexity index is 794. The second kappa shape index (κ2) is 11.3. The Kier molecular flexibility index (Phi) is 8.80. The van der Waals surface area contributed by atoms with Crippen molar-refractivity contribution in [3.63, 3.8) is 0 Å². The fourth-order valence-corrected chi connectivity index (χ4v) is 2.93. The third-order valence-corrected chi connectivity index (χ3v) is 4.85. The molecule has 2 unspecified atom stereocenters. The Labute approximate surface area is 173 Å². The lowest BCUT2D eigenvalue weighted by atomic mass is 9.97. The number of hydrogen-bond donors (Lipinski definition) is 2. The lowest BCUT2D eigenvalue weighted by molar-refractivity contribution is -0.116. The van der Waals surface area contributed by atoms with Crippen molar-refractivity contribution in [1.82, 2.24) is 0 Å². The maximum atomic E-state index is 12.8. The quantitative estimate of drug-likeness (QED) is 0.536. The van der Waals surface area contributed by atoms with Gasteiger partial charge in [0.05, 0.1) is 13.7 Å². The second-order valence-electron chi connectivity index (χ2n) is 6.96. The SMILES string of the molecule is CCC(C)c1ccccc1NC(=O)C(C)Nc1ccc(OC)c(OCCOC)c1. The van der Waals surface area contributed by atoms with Gasteiger partial charge in [0.2, 0.25) is 5.91 Å². The zero-order valence-electron chi connectivity index (χ0n) is 18.0. The van der Waals surface area contributed by atoms with Crippen LogP contribution in [0.2, 0.25) is 0 Å². The van der Waals surface area contributed by atoms with Crippen LogP contribution in [0.4, 0.5) is 11.4 Å². The van der Waals surface area contributed by atoms with Crippen LogP contribution in [0.3, 0.4) is 0 Å². The molecule has 0 saturated heterocycles. The van der Waals surface area contributed by atoms with Crippen LogP contribution in [0.25, 0.3) is 0 Å². The minimum atomic E-state index is -0.430. The molecular weight excluding hydrogens is 368 g/mol. The van der Waals surface area contributed by atoms with Crippen LogP contribution in [0.5, 0.6) is 11.5 Å². The van der Waals surface area contributed by atoms with E-state index >= 15 is 0 Å². The zero-order valence-corrected chi connectivity index (χ0v) is 18.0. The molecule has 2 atom stereocenters. The van der Waals surface area contributed by atoms with Gasteiger partial charge in [-0.15, -0.1) is 0 Å². The van der Waals surface area contributed by atoms with Gasteiger partial charge in [-0.2, -0.15) is 0 Å². The summed E-state index contributed by atoms with van der Waals surface area (Å²) < 4.78 is 16.1. The van der Waals surface area contributed by atoms with Gasteiger partial charge in [0, 0.05) is 24.6 Å². The number of nitrogens with one attached hydrogen (secondary N) is 2. The van der Waals surface area contributed by atoms with Gasteiger partial charge in [-0.05, 0) is 43.0 Å². The summed E-state index contributed by atoms with van der Waals surface area (Å²) in [6, 6.07) is 13.0. The summed E-state index contributed by atoms with van der Waals surface area (Å²) in [6.07, 6.45) is 1.01. The lowest BCUT2D eigenvalue weighted by Crippen LogP contribution is -2.32. The number of para-hydroxylation sites is 1. The van der Waals surface area contributed by atoms with E-state index in [2.05, 4.69) is 30.5 Å². The fourth-order valence-electron chi connectivity index (χ4n) is 2.93. The smallest absolute Gasteiger partial charge is 0.246 e. The van der Waals surface area contributed by atoms with Crippen molar-refractivity contribution in [2.75, 3.05) is 38.1 Å². The number of carbonyl (C=O) groups is 1. The first kappa shape index (κ1) is 22.6. The first-order chi connectivity index (χ1) is 14.0. The molecule has 6 nitrogen and oxygen atoms in total. The van der Waals surface area contributed by atoms with E-state index in [4.69, 9.17) is 14.2 Å². The largest absolute Gasteiger partial charge is 0.493 e. The Morgan fingerprint density at radius 2 is 1.79 bits per heavy atom. The summed E-state index contributed by atoms with van der Waals surface area (Å²) in [4.78, 5) is 12.8. The number of methoxy groups -OCH3 is 2. The van der Waals surface area contributed by atoms with E-state index in [0.29, 0.717) is 30.6 Å². The number of carbonyl (C=O) groups excluding carboxylic acids is 1. The van der Waals surface area contributed by atoms with Crippen molar-refractivity contribution in [2.24, 2.45) is 0 Å². The summed E-state index contributed by atoms with van der Waals surface area (Å²) in [5, 5.41) is 6.28. The van der Waals surface area contributed by atoms with Gasteiger partial charge in [0.15, 0.2) is 11.5 Å². The minimum Gasteiger partial charge on any atom is -0.493 e. The Balaban J connectivity index is 2.07. The van der Waals surface area contributed by atoms with E-state index < -0.39 is 6.04 Å². The summed E-state index contributed by atoms with van der Waals surface area (Å²) in [5.74, 6) is 1.51. The monoisotopic (exact) mass is 400 g/mol. The molecule has 0 heterocycles. The molecule has 0 saturated carbocycles. The van der Waals surface area contributed by atoms with E-state index in [0.717, 1.165) is 23.4 Å². The van der Waals surface area contributed by atoms with Crippen LogP contribution in [0.15, 0.2) is 42.5 Å². The number of rotatable bonds is 11. The molecule has 2 aromatic carbocycles. The summed E-state index contributed by atoms with van der Waals surface area (Å²) in [7, 11) is 3.22. The third-order valence-electron chi connectivity index (χ3n) is 4.85. The Hall–Kier alpha value is -2.73. The van der Waals surface area contributed by atoms with Crippen molar-refractivity contribution in [3.8, 4) is 11.5 Å². The van der Waals surface area contributed by atoms with Crippen LogP contribution in [-0.2, 0) is 9.53 Å². The van der Waals surface area contributed by atoms with Crippen LogP contribution >= 0.6 is 0 Å². The molecule has 1 amide bonds. The topological polar surface area (TPSA) is 68.8 Å². The van der Waals surface area contributed by atoms with Gasteiger partial charge in [0.1, 0.15) is 12.6 Å². The van der Waals surface area contributed by atoms with Crippen LogP contribution in [-0.4, -0.2) is 39.4 Å². The van der Waals surface area contributed by atoms with E-state index in [1.165, 1.54) is 0 Å². The highest BCUT2D eigenvalue weighted by Gasteiger charge is 2.17. The van der Waals surface area contributed by atoms with Gasteiger partial charge < -0.3 is 24.8 Å². The molecule has 0 aliphatic carbocycles. The standard InChI is InChI=1S/C23H32N2O4/c1-6-16(2)19-9-7-8-10-20(19)25-23(26)17(3)24-18-11-12-21(28-5)22(15-18)29-14-13-27-4/h7-12,15-17,24H,6,13-14H2,1-5H3,(H,25,26). The molecule has 0 aromatic heterocycles. The molecule has 0 radical (unpaired) electrons. The first-order valence-corrected chi connectivity index (χ1v) is 9.96. The highest BCUT2D eigenvalue weighted by atomic mass is 16.5. The predicted molar refractivity (Wildman–Crippen MR) is 117 cm³/mol. The van der Waals surface area contributed by atoms with Crippen molar-refractivity contribution >= 4 is 17.3 Å². The Morgan fingerprint density at radius 3 is 2.48 bits per heavy atom. The van der Waals surface area contributed by atoms with Crippen molar-refractivity contribution in [2.45, 2.75) is 39.2 Å². The van der Waals surface area contributed by atoms with E-state index in [1.54, 1.807) is 14.2 Å². The normalized spacial score (nSPS) is 12.7. The van der Waals surface area contributed by atoms with Gasteiger partial charge >= 0.3 is 0 Å². The second-order valence-corrected chi connectivity index (χ2v) is 6.96. The molecule has 0 spiro atoms. The number of ether oxygens (including phenoxy) is 3. The summed E-state index contributed by atoms with van der Waals surface area (Å²) in [5.41, 5.74) is 2.78. The van der Waals surface area contributed by atoms with Gasteiger partial charge in [-0.3, -0.25) is 4.79 Å². The van der Waals surface area contributed by atoms with Crippen molar-refractivity contribution in [3.05, 3.63) is 48.0 Å². The van der Waals surface area contributed by atoms with E-state index in [-0.39, 0.29) is 5.91 Å². The van der Waals surface area contributed by atoms with Crippen molar-refractivity contribution < 1.29 is 19.0 Å². The number of amides is 1. The molecule has 0 aliphatic rings. The van der Waals surface area contributed by atoms with Gasteiger partial charge in [0.25, 0.3) is 0 Å². The molecule has 6 heteroatoms. The molecule has 29 heavy (non-hydrogen) atoms.